The van der Waals surface area contributed by atoms with E-state index in [4.69, 9.17) is 9.47 Å². The third kappa shape index (κ3) is 5.82. The normalized spacial score (nSPS) is 10.4. The van der Waals surface area contributed by atoms with Crippen molar-refractivity contribution in [2.45, 2.75) is 19.8 Å². The summed E-state index contributed by atoms with van der Waals surface area (Å²) in [5.41, 5.74) is 3.28. The Morgan fingerprint density at radius 1 is 0.567 bits per heavy atom. The second kappa shape index (κ2) is 10.1. The number of nitrogens with zero attached hydrogens (tertiary/aromatic N) is 2. The summed E-state index contributed by atoms with van der Waals surface area (Å²) < 4.78 is 11.8. The highest BCUT2D eigenvalue weighted by Crippen LogP contribution is 2.21. The molecule has 150 valence electrons. The Labute approximate surface area is 176 Å². The lowest BCUT2D eigenvalue weighted by Crippen LogP contribution is -2.07. The topological polar surface area (TPSA) is 56.3 Å². The van der Waals surface area contributed by atoms with Crippen molar-refractivity contribution in [2.75, 3.05) is 5.32 Å². The van der Waals surface area contributed by atoms with E-state index >= 15 is 0 Å². The van der Waals surface area contributed by atoms with Gasteiger partial charge in [0.05, 0.1) is 6.07 Å². The van der Waals surface area contributed by atoms with Gasteiger partial charge in [-0.1, -0.05) is 91.0 Å². The molecule has 4 rings (SSSR count). The van der Waals surface area contributed by atoms with Gasteiger partial charge < -0.3 is 14.8 Å². The number of hydrogen-bond acceptors (Lipinski definition) is 5. The molecular weight excluding hydrogens is 374 g/mol. The van der Waals surface area contributed by atoms with Crippen LogP contribution in [0.15, 0.2) is 97.1 Å². The lowest BCUT2D eigenvalue weighted by atomic mass is 10.2. The molecule has 0 saturated carbocycles. The summed E-state index contributed by atoms with van der Waals surface area (Å²) in [7, 11) is 0. The maximum absolute atomic E-state index is 5.91. The molecule has 0 amide bonds. The predicted octanol–water partition coefficient (Wildman–Crippen LogP) is 5.25. The molecule has 1 N–H and O–H groups in total. The Hall–Kier alpha value is -3.86. The maximum atomic E-state index is 5.91. The third-order valence-corrected chi connectivity index (χ3v) is 4.43. The van der Waals surface area contributed by atoms with Gasteiger partial charge in [0.1, 0.15) is 13.2 Å². The first-order valence-electron chi connectivity index (χ1n) is 9.85. The van der Waals surface area contributed by atoms with Gasteiger partial charge in [0, 0.05) is 6.54 Å². The fourth-order valence-electron chi connectivity index (χ4n) is 2.87. The first-order valence-corrected chi connectivity index (χ1v) is 9.85. The second-order valence-corrected chi connectivity index (χ2v) is 6.76. The highest BCUT2D eigenvalue weighted by Gasteiger charge is 2.08. The van der Waals surface area contributed by atoms with E-state index < -0.39 is 0 Å². The van der Waals surface area contributed by atoms with Crippen LogP contribution in [-0.4, -0.2) is 9.97 Å². The summed E-state index contributed by atoms with van der Waals surface area (Å²) in [4.78, 5) is 8.99. The molecule has 0 fully saturated rings. The second-order valence-electron chi connectivity index (χ2n) is 6.76. The number of aromatic nitrogens is 2. The Bertz CT molecular complexity index is 893. The SMILES string of the molecule is c1ccc(CNc2nc(OCc3ccccc3)cc(OCc3ccccc3)n2)cc1. The van der Waals surface area contributed by atoms with Crippen LogP contribution >= 0.6 is 0 Å². The largest absolute Gasteiger partial charge is 0.473 e. The monoisotopic (exact) mass is 397 g/mol. The number of benzene rings is 3. The molecule has 0 radical (unpaired) electrons. The van der Waals surface area contributed by atoms with Gasteiger partial charge >= 0.3 is 0 Å². The van der Waals surface area contributed by atoms with Crippen LogP contribution in [0.25, 0.3) is 0 Å². The summed E-state index contributed by atoms with van der Waals surface area (Å²) in [6.45, 7) is 1.46. The molecule has 30 heavy (non-hydrogen) atoms. The molecule has 0 spiro atoms. The third-order valence-electron chi connectivity index (χ3n) is 4.43. The van der Waals surface area contributed by atoms with Gasteiger partial charge in [-0.3, -0.25) is 0 Å². The highest BCUT2D eigenvalue weighted by atomic mass is 16.5. The van der Waals surface area contributed by atoms with Gasteiger partial charge in [0.2, 0.25) is 17.7 Å². The van der Waals surface area contributed by atoms with Crippen molar-refractivity contribution in [3.8, 4) is 11.8 Å². The summed E-state index contributed by atoms with van der Waals surface area (Å²) >= 11 is 0. The van der Waals surface area contributed by atoms with Gasteiger partial charge in [-0.05, 0) is 16.7 Å². The standard InChI is InChI=1S/C25H23N3O2/c1-4-10-20(11-5-1)17-26-25-27-23(29-18-21-12-6-2-7-13-21)16-24(28-25)30-19-22-14-8-3-9-15-22/h1-16H,17-19H2,(H,26,27,28). The fourth-order valence-corrected chi connectivity index (χ4v) is 2.87. The van der Waals surface area contributed by atoms with Crippen LogP contribution in [0, 0.1) is 0 Å². The molecule has 1 aromatic heterocycles. The Balaban J connectivity index is 1.48. The van der Waals surface area contributed by atoms with Gasteiger partial charge in [-0.2, -0.15) is 9.97 Å². The number of hydrogen-bond donors (Lipinski definition) is 1. The van der Waals surface area contributed by atoms with E-state index in [2.05, 4.69) is 27.4 Å². The average molecular weight is 397 g/mol. The van der Waals surface area contributed by atoms with Crippen LogP contribution in [0.2, 0.25) is 0 Å². The fraction of sp³-hybridized carbons (Fsp3) is 0.120. The minimum Gasteiger partial charge on any atom is -0.473 e. The number of ether oxygens (including phenoxy) is 2. The molecule has 1 heterocycles. The quantitative estimate of drug-likeness (QED) is 0.418. The molecular formula is C25H23N3O2. The van der Waals surface area contributed by atoms with Crippen molar-refractivity contribution in [1.82, 2.24) is 9.97 Å². The molecule has 0 saturated heterocycles. The number of nitrogens with one attached hydrogen (secondary N) is 1. The average Bonchev–Trinajstić information content (AvgIpc) is 2.82. The van der Waals surface area contributed by atoms with Crippen molar-refractivity contribution >= 4 is 5.95 Å². The molecule has 5 heteroatoms. The summed E-state index contributed by atoms with van der Waals surface area (Å²) in [6, 6.07) is 31.8. The van der Waals surface area contributed by atoms with E-state index in [1.54, 1.807) is 6.07 Å². The number of anilines is 1. The van der Waals surface area contributed by atoms with Crippen molar-refractivity contribution in [3.05, 3.63) is 114 Å². The zero-order chi connectivity index (χ0) is 20.4. The van der Waals surface area contributed by atoms with Gasteiger partial charge in [0.15, 0.2) is 0 Å². The zero-order valence-corrected chi connectivity index (χ0v) is 16.6. The van der Waals surface area contributed by atoms with Crippen LogP contribution in [0.5, 0.6) is 11.8 Å². The minimum atomic E-state index is 0.425. The summed E-state index contributed by atoms with van der Waals surface area (Å²) in [5.74, 6) is 1.40. The van der Waals surface area contributed by atoms with E-state index in [1.165, 1.54) is 0 Å². The first-order chi connectivity index (χ1) is 14.8. The smallest absolute Gasteiger partial charge is 0.229 e. The van der Waals surface area contributed by atoms with Crippen LogP contribution in [0.4, 0.5) is 5.95 Å². The molecule has 0 aliphatic rings. The lowest BCUT2D eigenvalue weighted by molar-refractivity contribution is 0.274. The van der Waals surface area contributed by atoms with Gasteiger partial charge in [-0.25, -0.2) is 0 Å². The van der Waals surface area contributed by atoms with Gasteiger partial charge in [-0.15, -0.1) is 0 Å². The van der Waals surface area contributed by atoms with Crippen molar-refractivity contribution in [1.29, 1.82) is 0 Å². The van der Waals surface area contributed by atoms with Crippen molar-refractivity contribution < 1.29 is 9.47 Å². The Morgan fingerprint density at radius 3 is 1.47 bits per heavy atom. The van der Waals surface area contributed by atoms with Crippen LogP contribution < -0.4 is 14.8 Å². The first kappa shape index (κ1) is 19.5. The number of rotatable bonds is 9. The molecule has 0 bridgehead atoms. The molecule has 5 nitrogen and oxygen atoms in total. The van der Waals surface area contributed by atoms with E-state index in [0.29, 0.717) is 37.5 Å². The van der Waals surface area contributed by atoms with Gasteiger partial charge in [0.25, 0.3) is 0 Å². The predicted molar refractivity (Wildman–Crippen MR) is 117 cm³/mol. The molecule has 3 aromatic carbocycles. The zero-order valence-electron chi connectivity index (χ0n) is 16.6. The van der Waals surface area contributed by atoms with Crippen LogP contribution in [-0.2, 0) is 19.8 Å². The maximum Gasteiger partial charge on any atom is 0.229 e. The van der Waals surface area contributed by atoms with E-state index in [-0.39, 0.29) is 0 Å². The van der Waals surface area contributed by atoms with E-state index in [9.17, 15) is 0 Å². The highest BCUT2D eigenvalue weighted by molar-refractivity contribution is 5.35. The summed E-state index contributed by atoms with van der Waals surface area (Å²) in [5, 5.41) is 3.26. The van der Waals surface area contributed by atoms with Crippen molar-refractivity contribution in [2.24, 2.45) is 0 Å². The molecule has 0 unspecified atom stereocenters. The van der Waals surface area contributed by atoms with E-state index in [1.807, 2.05) is 78.9 Å². The lowest BCUT2D eigenvalue weighted by Gasteiger charge is -2.12. The Kier molecular flexibility index (Phi) is 6.53. The Morgan fingerprint density at radius 2 is 1.00 bits per heavy atom. The summed E-state index contributed by atoms with van der Waals surface area (Å²) in [6.07, 6.45) is 0. The van der Waals surface area contributed by atoms with Crippen molar-refractivity contribution in [3.63, 3.8) is 0 Å². The molecule has 0 aliphatic heterocycles. The molecule has 0 atom stereocenters. The van der Waals surface area contributed by atoms with E-state index in [0.717, 1.165) is 16.7 Å². The van der Waals surface area contributed by atoms with Crippen LogP contribution in [0.3, 0.4) is 0 Å². The molecule has 4 aromatic rings. The minimum absolute atomic E-state index is 0.425. The molecule has 0 aliphatic carbocycles. The van der Waals surface area contributed by atoms with Crippen LogP contribution in [0.1, 0.15) is 16.7 Å².